The minimum atomic E-state index is -0.0361. The number of rotatable bonds is 4. The third-order valence-electron chi connectivity index (χ3n) is 2.14. The minimum Gasteiger partial charge on any atom is -0.452 e. The van der Waals surface area contributed by atoms with Gasteiger partial charge in [0.25, 0.3) is 0 Å². The highest BCUT2D eigenvalue weighted by Crippen LogP contribution is 2.13. The molecular weight excluding hydrogens is 322 g/mol. The molecule has 0 bridgehead atoms. The fraction of sp³-hybridized carbons (Fsp3) is 0.143. The molecule has 1 N–H and O–H groups in total. The molecule has 2 aromatic rings. The first kappa shape index (κ1) is 16.0. The van der Waals surface area contributed by atoms with E-state index in [1.807, 2.05) is 42.5 Å². The monoisotopic (exact) mass is 335 g/mol. The molecule has 1 heterocycles. The van der Waals surface area contributed by atoms with E-state index in [0.29, 0.717) is 17.0 Å². The first-order valence-electron chi connectivity index (χ1n) is 5.83. The number of azide groups is 1. The Kier molecular flexibility index (Phi) is 7.91. The van der Waals surface area contributed by atoms with Crippen molar-refractivity contribution < 1.29 is 9.52 Å². The van der Waals surface area contributed by atoms with Crippen LogP contribution >= 0.6 is 15.9 Å². The average Bonchev–Trinajstić information content (AvgIpc) is 2.91. The lowest BCUT2D eigenvalue weighted by atomic mass is 10.2. The van der Waals surface area contributed by atoms with E-state index < -0.39 is 0 Å². The standard InChI is InChI=1S/C9H9N3.C5H5BrO2/c10-12-11-8-4-7-9-5-2-1-3-6-9;6-5-2-1-4(3-7)8-5/h1-7H,8H2;1-2,7H,3H2. The molecule has 5 nitrogen and oxygen atoms in total. The highest BCUT2D eigenvalue weighted by Gasteiger charge is 1.93. The molecular formula is C14H14BrN3O2. The van der Waals surface area contributed by atoms with E-state index in [1.54, 1.807) is 12.1 Å². The maximum atomic E-state index is 8.44. The normalized spacial score (nSPS) is 9.70. The number of nitrogens with zero attached hydrogens (tertiary/aromatic N) is 3. The van der Waals surface area contributed by atoms with Gasteiger partial charge in [-0.05, 0) is 39.2 Å². The van der Waals surface area contributed by atoms with Gasteiger partial charge in [-0.3, -0.25) is 0 Å². The lowest BCUT2D eigenvalue weighted by Gasteiger charge is -1.88. The highest BCUT2D eigenvalue weighted by molar-refractivity contribution is 9.10. The minimum absolute atomic E-state index is 0.0361. The fourth-order valence-corrected chi connectivity index (χ4v) is 1.61. The summed E-state index contributed by atoms with van der Waals surface area (Å²) in [5.41, 5.74) is 9.10. The summed E-state index contributed by atoms with van der Waals surface area (Å²) in [4.78, 5) is 2.64. The van der Waals surface area contributed by atoms with Crippen molar-refractivity contribution in [1.82, 2.24) is 0 Å². The Morgan fingerprint density at radius 1 is 1.25 bits per heavy atom. The van der Waals surface area contributed by atoms with Crippen LogP contribution in [0.3, 0.4) is 0 Å². The number of furan rings is 1. The highest BCUT2D eigenvalue weighted by atomic mass is 79.9. The second-order valence-corrected chi connectivity index (χ2v) is 4.37. The molecule has 0 atom stereocenters. The van der Waals surface area contributed by atoms with Crippen LogP contribution in [0.2, 0.25) is 0 Å². The summed E-state index contributed by atoms with van der Waals surface area (Å²) >= 11 is 3.10. The molecule has 1 aromatic heterocycles. The number of halogens is 1. The fourth-order valence-electron chi connectivity index (χ4n) is 1.27. The number of benzene rings is 1. The topological polar surface area (TPSA) is 82.1 Å². The van der Waals surface area contributed by atoms with Crippen molar-refractivity contribution in [2.75, 3.05) is 6.54 Å². The average molecular weight is 336 g/mol. The van der Waals surface area contributed by atoms with Crippen molar-refractivity contribution in [1.29, 1.82) is 0 Å². The summed E-state index contributed by atoms with van der Waals surface area (Å²) in [5.74, 6) is 0.580. The van der Waals surface area contributed by atoms with Gasteiger partial charge in [-0.1, -0.05) is 47.6 Å². The van der Waals surface area contributed by atoms with Crippen molar-refractivity contribution in [3.05, 3.63) is 75.0 Å². The second-order valence-electron chi connectivity index (χ2n) is 3.59. The number of aliphatic hydroxyl groups excluding tert-OH is 1. The molecule has 0 saturated heterocycles. The smallest absolute Gasteiger partial charge is 0.169 e. The van der Waals surface area contributed by atoms with Gasteiger partial charge in [0.2, 0.25) is 0 Å². The molecule has 0 aliphatic heterocycles. The van der Waals surface area contributed by atoms with Crippen LogP contribution in [0.4, 0.5) is 0 Å². The van der Waals surface area contributed by atoms with Crippen molar-refractivity contribution in [3.8, 4) is 0 Å². The van der Waals surface area contributed by atoms with Crippen LogP contribution in [0.15, 0.2) is 62.7 Å². The van der Waals surface area contributed by atoms with E-state index >= 15 is 0 Å². The zero-order chi connectivity index (χ0) is 14.6. The van der Waals surface area contributed by atoms with Crippen LogP contribution in [0.5, 0.6) is 0 Å². The Hall–Kier alpha value is -2.01. The molecule has 2 rings (SSSR count). The molecule has 0 fully saturated rings. The van der Waals surface area contributed by atoms with Crippen LogP contribution in [0, 0.1) is 0 Å². The van der Waals surface area contributed by atoms with Crippen LogP contribution in [0.1, 0.15) is 11.3 Å². The summed E-state index contributed by atoms with van der Waals surface area (Å²) in [6.45, 7) is 0.372. The van der Waals surface area contributed by atoms with E-state index in [1.165, 1.54) is 0 Å². The molecule has 1 aromatic carbocycles. The first-order chi connectivity index (χ1) is 9.76. The summed E-state index contributed by atoms with van der Waals surface area (Å²) in [5, 5.41) is 11.8. The van der Waals surface area contributed by atoms with Gasteiger partial charge in [0.1, 0.15) is 12.4 Å². The maximum absolute atomic E-state index is 8.44. The number of aliphatic hydroxyl groups is 1. The Morgan fingerprint density at radius 2 is 2.00 bits per heavy atom. The molecule has 0 unspecified atom stereocenters. The Morgan fingerprint density at radius 3 is 2.50 bits per heavy atom. The van der Waals surface area contributed by atoms with Crippen LogP contribution in [0.25, 0.3) is 16.5 Å². The van der Waals surface area contributed by atoms with Crippen molar-refractivity contribution in [2.24, 2.45) is 5.11 Å². The van der Waals surface area contributed by atoms with Gasteiger partial charge in [0.05, 0.1) is 0 Å². The van der Waals surface area contributed by atoms with Crippen LogP contribution in [-0.4, -0.2) is 11.7 Å². The van der Waals surface area contributed by atoms with Crippen LogP contribution in [-0.2, 0) is 6.61 Å². The summed E-state index contributed by atoms with van der Waals surface area (Å²) in [7, 11) is 0. The van der Waals surface area contributed by atoms with E-state index in [-0.39, 0.29) is 6.61 Å². The quantitative estimate of drug-likeness (QED) is 0.505. The number of hydrogen-bond donors (Lipinski definition) is 1. The molecule has 104 valence electrons. The van der Waals surface area contributed by atoms with Gasteiger partial charge in [0.15, 0.2) is 4.67 Å². The third kappa shape index (κ3) is 6.80. The van der Waals surface area contributed by atoms with Gasteiger partial charge in [0, 0.05) is 11.5 Å². The van der Waals surface area contributed by atoms with E-state index in [0.717, 1.165) is 5.56 Å². The molecule has 0 aliphatic rings. The summed E-state index contributed by atoms with van der Waals surface area (Å²) < 4.78 is 5.55. The van der Waals surface area contributed by atoms with Gasteiger partial charge in [-0.15, -0.1) is 0 Å². The lowest BCUT2D eigenvalue weighted by molar-refractivity contribution is 0.245. The van der Waals surface area contributed by atoms with E-state index in [2.05, 4.69) is 26.0 Å². The number of hydrogen-bond acceptors (Lipinski definition) is 3. The first-order valence-corrected chi connectivity index (χ1v) is 6.63. The molecule has 6 heteroatoms. The Balaban J connectivity index is 0.000000217. The zero-order valence-electron chi connectivity index (χ0n) is 10.7. The van der Waals surface area contributed by atoms with E-state index in [9.17, 15) is 0 Å². The zero-order valence-corrected chi connectivity index (χ0v) is 12.3. The largest absolute Gasteiger partial charge is 0.452 e. The summed E-state index contributed by atoms with van der Waals surface area (Å²) in [6.07, 6.45) is 3.75. The van der Waals surface area contributed by atoms with E-state index in [4.69, 9.17) is 15.1 Å². The summed E-state index contributed by atoms with van der Waals surface area (Å²) in [6, 6.07) is 13.3. The predicted molar refractivity (Wildman–Crippen MR) is 81.8 cm³/mol. The second kappa shape index (κ2) is 9.86. The van der Waals surface area contributed by atoms with Gasteiger partial charge in [-0.2, -0.15) is 0 Å². The predicted octanol–water partition coefficient (Wildman–Crippen LogP) is 4.54. The molecule has 0 saturated carbocycles. The lowest BCUT2D eigenvalue weighted by Crippen LogP contribution is -1.72. The van der Waals surface area contributed by atoms with Crippen molar-refractivity contribution in [2.45, 2.75) is 6.61 Å². The molecule has 0 spiro atoms. The van der Waals surface area contributed by atoms with Crippen LogP contribution < -0.4 is 0 Å². The van der Waals surface area contributed by atoms with Crippen molar-refractivity contribution in [3.63, 3.8) is 0 Å². The van der Waals surface area contributed by atoms with Gasteiger partial charge in [-0.25, -0.2) is 0 Å². The SMILES string of the molecule is OCc1ccc(Br)o1.[N-]=[N+]=NCC=Cc1ccccc1. The maximum Gasteiger partial charge on any atom is 0.169 e. The molecule has 0 aliphatic carbocycles. The molecule has 0 radical (unpaired) electrons. The third-order valence-corrected chi connectivity index (χ3v) is 2.57. The Bertz CT molecular complexity index is 575. The van der Waals surface area contributed by atoms with Crippen molar-refractivity contribution >= 4 is 22.0 Å². The molecule has 0 amide bonds. The van der Waals surface area contributed by atoms with Gasteiger partial charge < -0.3 is 9.52 Å². The molecule has 20 heavy (non-hydrogen) atoms. The van der Waals surface area contributed by atoms with Gasteiger partial charge >= 0.3 is 0 Å². The Labute approximate surface area is 125 Å².